The van der Waals surface area contributed by atoms with Crippen LogP contribution in [0.1, 0.15) is 31.2 Å². The number of nitrogens with zero attached hydrogens (tertiary/aromatic N) is 4. The highest BCUT2D eigenvalue weighted by molar-refractivity contribution is 6.25. The Kier molecular flexibility index (Phi) is 8.42. The number of ketones is 2. The Bertz CT molecular complexity index is 1970. The summed E-state index contributed by atoms with van der Waals surface area (Å²) in [5, 5.41) is 17.8. The minimum Gasteiger partial charge on any atom is -0.491 e. The second-order valence-electron chi connectivity index (χ2n) is 13.0. The first-order valence-corrected chi connectivity index (χ1v) is 16.4. The largest absolute Gasteiger partial charge is 0.491 e. The minimum atomic E-state index is -0.671. The number of hydrogen-bond donors (Lipinski definition) is 1. The number of rotatable bonds is 8. The van der Waals surface area contributed by atoms with Crippen molar-refractivity contribution in [3.05, 3.63) is 113 Å². The lowest BCUT2D eigenvalue weighted by Crippen LogP contribution is -2.39. The van der Waals surface area contributed by atoms with E-state index in [9.17, 15) is 19.2 Å². The molecule has 0 aromatic heterocycles. The normalized spacial score (nSPS) is 23.3. The summed E-state index contributed by atoms with van der Waals surface area (Å²) in [5.74, 6) is -2.64. The summed E-state index contributed by atoms with van der Waals surface area (Å²) >= 11 is 0. The van der Waals surface area contributed by atoms with E-state index >= 15 is 0 Å². The standard InChI is InChI=1S/C39H36N4O6/c1-22-20-33(45)36-32(37(22)46)21-31-29(34(36)23-4-14-28(15-5-23)49-19-18-44)16-17-30-35(31)39(48)43(38(30)47)27-12-8-25(9-13-27)41-40-24-6-10-26(11-7-24)42(2)3/h4-16,20,30-31,34-35,44H,17-19,21H2,1-3H3/t30-,31+,34-,35-/m0/s1. The third-order valence-corrected chi connectivity index (χ3v) is 9.89. The fraction of sp³-hybridized carbons (Fsp3) is 0.282. The second-order valence-corrected chi connectivity index (χ2v) is 13.0. The molecule has 10 nitrogen and oxygen atoms in total. The second kappa shape index (κ2) is 12.9. The number of aliphatic hydroxyl groups excluding tert-OH is 1. The summed E-state index contributed by atoms with van der Waals surface area (Å²) in [7, 11) is 3.93. The summed E-state index contributed by atoms with van der Waals surface area (Å²) in [6, 6.07) is 21.8. The molecule has 0 spiro atoms. The van der Waals surface area contributed by atoms with Crippen LogP contribution < -0.4 is 14.5 Å². The maximum Gasteiger partial charge on any atom is 0.238 e. The third-order valence-electron chi connectivity index (χ3n) is 9.89. The van der Waals surface area contributed by atoms with Gasteiger partial charge in [-0.25, -0.2) is 0 Å². The van der Waals surface area contributed by atoms with Gasteiger partial charge in [-0.2, -0.15) is 10.2 Å². The van der Waals surface area contributed by atoms with Crippen molar-refractivity contribution in [3.63, 3.8) is 0 Å². The number of benzene rings is 3. The summed E-state index contributed by atoms with van der Waals surface area (Å²) in [5.41, 5.74) is 5.68. The smallest absolute Gasteiger partial charge is 0.238 e. The first-order valence-electron chi connectivity index (χ1n) is 16.4. The predicted octanol–water partition coefficient (Wildman–Crippen LogP) is 6.17. The lowest BCUT2D eigenvalue weighted by Gasteiger charge is -2.42. The first-order chi connectivity index (χ1) is 23.7. The molecule has 3 aliphatic carbocycles. The van der Waals surface area contributed by atoms with E-state index in [1.807, 2.05) is 61.5 Å². The SMILES string of the molecule is CC1=CC(=O)C2=C(C[C@@H]3C(=CC[C@@H]4C(=O)N(c5ccc(N=Nc6ccc(N(C)C)cc6)cc5)C(=O)[C@@H]43)[C@@H]2c2ccc(OCCO)cc2)C1=O. The van der Waals surface area contributed by atoms with Crippen LogP contribution in [0.3, 0.4) is 0 Å². The fourth-order valence-corrected chi connectivity index (χ4v) is 7.54. The van der Waals surface area contributed by atoms with Crippen LogP contribution in [0, 0.1) is 17.8 Å². The van der Waals surface area contributed by atoms with Gasteiger partial charge in [-0.05, 0) is 98.0 Å². The highest BCUT2D eigenvalue weighted by Crippen LogP contribution is 2.55. The van der Waals surface area contributed by atoms with E-state index in [2.05, 4.69) is 10.2 Å². The van der Waals surface area contributed by atoms with Crippen LogP contribution >= 0.6 is 0 Å². The van der Waals surface area contributed by atoms with Crippen LogP contribution in [0.4, 0.5) is 22.7 Å². The summed E-state index contributed by atoms with van der Waals surface area (Å²) in [6.07, 6.45) is 3.97. The van der Waals surface area contributed by atoms with E-state index in [-0.39, 0.29) is 43.0 Å². The first kappa shape index (κ1) is 32.1. The highest BCUT2D eigenvalue weighted by atomic mass is 16.5. The molecule has 1 fully saturated rings. The molecule has 0 radical (unpaired) electrons. The van der Waals surface area contributed by atoms with Crippen molar-refractivity contribution in [2.75, 3.05) is 37.1 Å². The average Bonchev–Trinajstić information content (AvgIpc) is 3.37. The molecule has 7 rings (SSSR count). The molecule has 0 saturated carbocycles. The van der Waals surface area contributed by atoms with E-state index in [1.54, 1.807) is 43.3 Å². The van der Waals surface area contributed by atoms with Gasteiger partial charge in [0.2, 0.25) is 11.8 Å². The zero-order valence-electron chi connectivity index (χ0n) is 27.5. The van der Waals surface area contributed by atoms with Crippen molar-refractivity contribution >= 4 is 46.1 Å². The van der Waals surface area contributed by atoms with Gasteiger partial charge in [0.15, 0.2) is 11.6 Å². The van der Waals surface area contributed by atoms with E-state index in [0.29, 0.717) is 46.0 Å². The number of Topliss-reactive ketones (excluding diaryl/α,β-unsaturated/α-hetero) is 1. The predicted molar refractivity (Wildman–Crippen MR) is 184 cm³/mol. The van der Waals surface area contributed by atoms with Gasteiger partial charge in [-0.1, -0.05) is 23.8 Å². The molecule has 4 atom stereocenters. The number of aliphatic hydroxyl groups is 1. The molecule has 1 saturated heterocycles. The van der Waals surface area contributed by atoms with Crippen molar-refractivity contribution in [2.45, 2.75) is 25.7 Å². The lowest BCUT2D eigenvalue weighted by atomic mass is 9.59. The average molecular weight is 657 g/mol. The Morgan fingerprint density at radius 3 is 2.14 bits per heavy atom. The van der Waals surface area contributed by atoms with Gasteiger partial charge in [0.1, 0.15) is 12.4 Å². The highest BCUT2D eigenvalue weighted by Gasteiger charge is 2.56. The van der Waals surface area contributed by atoms with E-state index in [0.717, 1.165) is 16.8 Å². The Labute approximate surface area is 284 Å². The van der Waals surface area contributed by atoms with Crippen LogP contribution in [0.15, 0.2) is 117 Å². The third kappa shape index (κ3) is 5.72. The topological polar surface area (TPSA) is 129 Å². The Balaban J connectivity index is 1.17. The Morgan fingerprint density at radius 1 is 0.857 bits per heavy atom. The summed E-state index contributed by atoms with van der Waals surface area (Å²) in [4.78, 5) is 58.5. The van der Waals surface area contributed by atoms with Crippen molar-refractivity contribution in [2.24, 2.45) is 28.0 Å². The maximum absolute atomic E-state index is 14.3. The quantitative estimate of drug-likeness (QED) is 0.133. The zero-order chi connectivity index (χ0) is 34.4. The van der Waals surface area contributed by atoms with Crippen molar-refractivity contribution in [1.82, 2.24) is 0 Å². The molecule has 1 heterocycles. The number of ether oxygens (including phenoxy) is 1. The summed E-state index contributed by atoms with van der Waals surface area (Å²) in [6.45, 7) is 1.67. The number of fused-ring (bicyclic) bond motifs is 3. The van der Waals surface area contributed by atoms with Crippen LogP contribution in [-0.2, 0) is 19.2 Å². The van der Waals surface area contributed by atoms with Gasteiger partial charge in [-0.15, -0.1) is 0 Å². The number of carbonyl (C=O) groups is 4. The van der Waals surface area contributed by atoms with Crippen molar-refractivity contribution in [3.8, 4) is 5.75 Å². The molecule has 3 aromatic rings. The Morgan fingerprint density at radius 2 is 1.51 bits per heavy atom. The molecule has 1 aliphatic heterocycles. The number of azo groups is 1. The number of hydrogen-bond acceptors (Lipinski definition) is 9. The van der Waals surface area contributed by atoms with E-state index in [1.165, 1.54) is 11.0 Å². The molecular formula is C39H36N4O6. The van der Waals surface area contributed by atoms with Gasteiger partial charge >= 0.3 is 0 Å². The molecule has 10 heteroatoms. The number of anilines is 2. The molecule has 0 bridgehead atoms. The molecule has 248 valence electrons. The molecule has 3 aromatic carbocycles. The zero-order valence-corrected chi connectivity index (χ0v) is 27.5. The molecule has 49 heavy (non-hydrogen) atoms. The molecule has 4 aliphatic rings. The Hall–Kier alpha value is -5.48. The lowest BCUT2D eigenvalue weighted by molar-refractivity contribution is -0.123. The summed E-state index contributed by atoms with van der Waals surface area (Å²) < 4.78 is 5.54. The van der Waals surface area contributed by atoms with Gasteiger partial charge in [0.25, 0.3) is 0 Å². The van der Waals surface area contributed by atoms with Gasteiger partial charge < -0.3 is 14.7 Å². The number of amides is 2. The molecule has 2 amide bonds. The van der Waals surface area contributed by atoms with E-state index in [4.69, 9.17) is 9.84 Å². The van der Waals surface area contributed by atoms with Gasteiger partial charge in [0.05, 0.1) is 35.5 Å². The van der Waals surface area contributed by atoms with Crippen molar-refractivity contribution < 1.29 is 29.0 Å². The van der Waals surface area contributed by atoms with Crippen LogP contribution in [-0.4, -0.2) is 55.8 Å². The monoisotopic (exact) mass is 656 g/mol. The van der Waals surface area contributed by atoms with Crippen LogP contribution in [0.5, 0.6) is 5.75 Å². The minimum absolute atomic E-state index is 0.120. The van der Waals surface area contributed by atoms with Gasteiger partial charge in [0, 0.05) is 42.4 Å². The fourth-order valence-electron chi connectivity index (χ4n) is 7.54. The molecular weight excluding hydrogens is 620 g/mol. The number of carbonyl (C=O) groups excluding carboxylic acids is 4. The van der Waals surface area contributed by atoms with Crippen molar-refractivity contribution in [1.29, 1.82) is 0 Å². The number of allylic oxidation sites excluding steroid dienone is 6. The maximum atomic E-state index is 14.3. The van der Waals surface area contributed by atoms with Crippen LogP contribution in [0.25, 0.3) is 0 Å². The molecule has 1 N–H and O–H groups in total. The van der Waals surface area contributed by atoms with E-state index < -0.39 is 23.7 Å². The van der Waals surface area contributed by atoms with Gasteiger partial charge in [-0.3, -0.25) is 24.1 Å². The van der Waals surface area contributed by atoms with Crippen LogP contribution in [0.2, 0.25) is 0 Å². The molecule has 0 unspecified atom stereocenters. The number of imide groups is 1.